The zero-order chi connectivity index (χ0) is 24.5. The summed E-state index contributed by atoms with van der Waals surface area (Å²) in [6.45, 7) is 3.18. The number of carbonyl (C=O) groups excluding carboxylic acids is 1. The fourth-order valence-corrected chi connectivity index (χ4v) is 7.53. The Morgan fingerprint density at radius 3 is 2.75 bits per heavy atom. The number of piperidine rings is 1. The first-order valence-electron chi connectivity index (χ1n) is 13.5. The van der Waals surface area contributed by atoms with Gasteiger partial charge >= 0.3 is 0 Å². The van der Waals surface area contributed by atoms with Crippen LogP contribution >= 0.6 is 0 Å². The monoisotopic (exact) mass is 486 g/mol. The van der Waals surface area contributed by atoms with Gasteiger partial charge in [-0.15, -0.1) is 0 Å². The highest BCUT2D eigenvalue weighted by molar-refractivity contribution is 5.87. The fraction of sp³-hybridized carbons (Fsp3) is 0.517. The molecule has 4 aliphatic rings. The molecule has 7 rings (SSSR count). The van der Waals surface area contributed by atoms with Gasteiger partial charge in [0, 0.05) is 36.5 Å². The van der Waals surface area contributed by atoms with Gasteiger partial charge in [0.1, 0.15) is 5.75 Å². The summed E-state index contributed by atoms with van der Waals surface area (Å²) in [5, 5.41) is 31.4. The number of hydrogen-bond acceptors (Lipinski definition) is 5. The van der Waals surface area contributed by atoms with Gasteiger partial charge in [-0.25, -0.2) is 0 Å². The standard InChI is InChI=1S/C29H34N4O3/c34-21-8-7-20-15-26-29(36)11-14-32(27(35)17-25-22-3-1-2-4-24(22)30-31-25)12-9-28(29,23(20)16-21)10-13-33(26)18-19-5-6-19/h1-4,7-8,16,19,26,34,36H,5-6,9-15,17-18H2,(H,30,31). The van der Waals surface area contributed by atoms with E-state index in [1.54, 1.807) is 6.07 Å². The molecule has 3 unspecified atom stereocenters. The maximum absolute atomic E-state index is 13.5. The number of rotatable bonds is 4. The Balaban J connectivity index is 1.21. The summed E-state index contributed by atoms with van der Waals surface area (Å²) < 4.78 is 0. The highest BCUT2D eigenvalue weighted by Crippen LogP contribution is 2.56. The van der Waals surface area contributed by atoms with E-state index in [2.05, 4.69) is 21.2 Å². The number of amides is 1. The molecule has 2 aliphatic heterocycles. The van der Waals surface area contributed by atoms with Crippen LogP contribution in [0.4, 0.5) is 0 Å². The fourth-order valence-electron chi connectivity index (χ4n) is 7.53. The second-order valence-electron chi connectivity index (χ2n) is 11.5. The lowest BCUT2D eigenvalue weighted by Crippen LogP contribution is -2.71. The van der Waals surface area contributed by atoms with Crippen LogP contribution < -0.4 is 0 Å². The van der Waals surface area contributed by atoms with E-state index in [4.69, 9.17) is 0 Å². The number of aromatic amines is 1. The van der Waals surface area contributed by atoms with Gasteiger partial charge in [-0.05, 0) is 80.3 Å². The number of aromatic hydroxyl groups is 1. The molecule has 3 heterocycles. The Hall–Kier alpha value is -2.90. The molecule has 0 radical (unpaired) electrons. The lowest BCUT2D eigenvalue weighted by molar-refractivity contribution is -0.149. The molecule has 3 aromatic rings. The van der Waals surface area contributed by atoms with Gasteiger partial charge in [0.2, 0.25) is 5.91 Å². The minimum Gasteiger partial charge on any atom is -0.508 e. The van der Waals surface area contributed by atoms with E-state index in [1.807, 2.05) is 35.2 Å². The van der Waals surface area contributed by atoms with Crippen LogP contribution in [0.3, 0.4) is 0 Å². The SMILES string of the molecule is O=C(Cc1[nH]nc2ccccc12)N1CCC23CCN(CC4CC4)C(Cc4ccc(O)cc42)C3(O)CC1. The van der Waals surface area contributed by atoms with E-state index in [-0.39, 0.29) is 24.1 Å². The first kappa shape index (κ1) is 22.3. The van der Waals surface area contributed by atoms with Gasteiger partial charge in [-0.2, -0.15) is 5.10 Å². The number of nitrogens with one attached hydrogen (secondary N) is 1. The number of aromatic nitrogens is 2. The minimum atomic E-state index is -0.920. The third-order valence-corrected chi connectivity index (χ3v) is 9.65. The summed E-state index contributed by atoms with van der Waals surface area (Å²) in [5.41, 5.74) is 2.69. The average molecular weight is 487 g/mol. The van der Waals surface area contributed by atoms with Gasteiger partial charge in [-0.3, -0.25) is 14.8 Å². The highest BCUT2D eigenvalue weighted by atomic mass is 16.3. The molecule has 3 fully saturated rings. The van der Waals surface area contributed by atoms with E-state index in [0.29, 0.717) is 25.9 Å². The van der Waals surface area contributed by atoms with E-state index < -0.39 is 11.0 Å². The molecule has 3 N–H and O–H groups in total. The van der Waals surface area contributed by atoms with Crippen LogP contribution in [0, 0.1) is 5.92 Å². The van der Waals surface area contributed by atoms with Crippen LogP contribution in [-0.4, -0.2) is 73.9 Å². The van der Waals surface area contributed by atoms with Gasteiger partial charge in [-0.1, -0.05) is 24.3 Å². The van der Waals surface area contributed by atoms with E-state index in [1.165, 1.54) is 18.4 Å². The van der Waals surface area contributed by atoms with Crippen molar-refractivity contribution in [3.8, 4) is 5.75 Å². The number of hydrogen-bond donors (Lipinski definition) is 3. The topological polar surface area (TPSA) is 92.7 Å². The van der Waals surface area contributed by atoms with Gasteiger partial charge in [0.15, 0.2) is 0 Å². The van der Waals surface area contributed by atoms with Crippen molar-refractivity contribution >= 4 is 16.8 Å². The van der Waals surface area contributed by atoms with Gasteiger partial charge in [0.05, 0.1) is 23.2 Å². The van der Waals surface area contributed by atoms with Gasteiger partial charge in [0.25, 0.3) is 0 Å². The smallest absolute Gasteiger partial charge is 0.228 e. The minimum absolute atomic E-state index is 0.0514. The second-order valence-corrected chi connectivity index (χ2v) is 11.5. The molecule has 1 amide bonds. The molecular formula is C29H34N4O3. The number of benzene rings is 2. The van der Waals surface area contributed by atoms with E-state index in [9.17, 15) is 15.0 Å². The Labute approximate surface area is 211 Å². The Bertz CT molecular complexity index is 1330. The number of fused-ring (bicyclic) bond motifs is 2. The maximum atomic E-state index is 13.5. The molecule has 188 valence electrons. The summed E-state index contributed by atoms with van der Waals surface area (Å²) in [5.74, 6) is 1.09. The zero-order valence-electron chi connectivity index (χ0n) is 20.6. The van der Waals surface area contributed by atoms with Crippen LogP contribution in [0.25, 0.3) is 10.9 Å². The van der Waals surface area contributed by atoms with E-state index in [0.717, 1.165) is 54.0 Å². The number of phenolic OH excluding ortho intramolecular Hbond substituents is 1. The molecule has 1 aromatic heterocycles. The van der Waals surface area contributed by atoms with Crippen molar-refractivity contribution in [2.45, 2.75) is 62.0 Å². The van der Waals surface area contributed by atoms with Crippen LogP contribution in [0.1, 0.15) is 48.9 Å². The number of para-hydroxylation sites is 1. The number of likely N-dealkylation sites (tertiary alicyclic amines) is 2. The number of carbonyl (C=O) groups is 1. The van der Waals surface area contributed by atoms with Crippen molar-refractivity contribution in [2.75, 3.05) is 26.2 Å². The number of nitrogens with zero attached hydrogens (tertiary/aromatic N) is 3. The molecule has 0 spiro atoms. The van der Waals surface area contributed by atoms with Crippen molar-refractivity contribution in [1.82, 2.24) is 20.0 Å². The molecule has 1 saturated carbocycles. The maximum Gasteiger partial charge on any atom is 0.228 e. The highest BCUT2D eigenvalue weighted by Gasteiger charge is 2.63. The molecule has 2 aromatic carbocycles. The molecule has 2 aliphatic carbocycles. The van der Waals surface area contributed by atoms with Gasteiger partial charge < -0.3 is 15.1 Å². The summed E-state index contributed by atoms with van der Waals surface area (Å²) in [6.07, 6.45) is 5.79. The molecule has 7 heteroatoms. The van der Waals surface area contributed by atoms with Crippen molar-refractivity contribution < 1.29 is 15.0 Å². The van der Waals surface area contributed by atoms with Crippen molar-refractivity contribution in [3.05, 3.63) is 59.3 Å². The van der Waals surface area contributed by atoms with Crippen molar-refractivity contribution in [1.29, 1.82) is 0 Å². The Morgan fingerprint density at radius 2 is 1.89 bits per heavy atom. The van der Waals surface area contributed by atoms with Crippen molar-refractivity contribution in [2.24, 2.45) is 5.92 Å². The predicted molar refractivity (Wildman–Crippen MR) is 137 cm³/mol. The third-order valence-electron chi connectivity index (χ3n) is 9.65. The Kier molecular flexibility index (Phi) is 4.99. The number of aliphatic hydroxyl groups is 1. The quantitative estimate of drug-likeness (QED) is 0.527. The first-order chi connectivity index (χ1) is 17.5. The zero-order valence-corrected chi connectivity index (χ0v) is 20.6. The van der Waals surface area contributed by atoms with Crippen LogP contribution in [0.2, 0.25) is 0 Å². The lowest BCUT2D eigenvalue weighted by Gasteiger charge is -2.61. The molecule has 2 bridgehead atoms. The molecule has 3 atom stereocenters. The Morgan fingerprint density at radius 1 is 1.08 bits per heavy atom. The van der Waals surface area contributed by atoms with Crippen molar-refractivity contribution in [3.63, 3.8) is 0 Å². The summed E-state index contributed by atoms with van der Waals surface area (Å²) in [7, 11) is 0. The normalized spacial score (nSPS) is 30.0. The van der Waals surface area contributed by atoms with Crippen LogP contribution in [-0.2, 0) is 23.1 Å². The molecule has 2 saturated heterocycles. The number of phenols is 1. The number of H-pyrrole nitrogens is 1. The largest absolute Gasteiger partial charge is 0.508 e. The van der Waals surface area contributed by atoms with E-state index >= 15 is 0 Å². The lowest BCUT2D eigenvalue weighted by atomic mass is 9.52. The van der Waals surface area contributed by atoms with Crippen LogP contribution in [0.15, 0.2) is 42.5 Å². The average Bonchev–Trinajstić information content (AvgIpc) is 3.63. The summed E-state index contributed by atoms with van der Waals surface area (Å²) >= 11 is 0. The molecular weight excluding hydrogens is 452 g/mol. The second kappa shape index (κ2) is 8.05. The summed E-state index contributed by atoms with van der Waals surface area (Å²) in [6, 6.07) is 13.6. The first-order valence-corrected chi connectivity index (χ1v) is 13.5. The molecule has 36 heavy (non-hydrogen) atoms. The molecule has 7 nitrogen and oxygen atoms in total. The predicted octanol–water partition coefficient (Wildman–Crippen LogP) is 3.14. The van der Waals surface area contributed by atoms with Crippen LogP contribution in [0.5, 0.6) is 5.75 Å². The third kappa shape index (κ3) is 3.32. The summed E-state index contributed by atoms with van der Waals surface area (Å²) in [4.78, 5) is 18.0.